The topological polar surface area (TPSA) is 51.1 Å². The van der Waals surface area contributed by atoms with Crippen LogP contribution in [-0.2, 0) is 26.2 Å². The minimum absolute atomic E-state index is 0.945. The number of rotatable bonds is 14. The van der Waals surface area contributed by atoms with E-state index in [2.05, 4.69) is 206 Å². The van der Waals surface area contributed by atoms with Crippen molar-refractivity contribution < 1.29 is 9.47 Å². The third kappa shape index (κ3) is 13.2. The number of nitrogens with zero attached hydrogens (tertiary/aromatic N) is 8. The third-order valence-electron chi connectivity index (χ3n) is 11.0. The number of para-hydroxylation sites is 1. The van der Waals surface area contributed by atoms with Gasteiger partial charge < -0.3 is 47.3 Å². The maximum Gasteiger partial charge on any atom is 0.143 e. The van der Waals surface area contributed by atoms with E-state index < -0.39 is 0 Å². The van der Waals surface area contributed by atoms with Gasteiger partial charge in [0.25, 0.3) is 0 Å². The van der Waals surface area contributed by atoms with Gasteiger partial charge in [-0.3, -0.25) is 0 Å². The van der Waals surface area contributed by atoms with Crippen molar-refractivity contribution in [2.45, 2.75) is 40.0 Å². The Labute approximate surface area is 371 Å². The highest BCUT2D eigenvalue weighted by Crippen LogP contribution is 2.27. The zero-order valence-corrected chi connectivity index (χ0v) is 39.6. The van der Waals surface area contributed by atoms with Gasteiger partial charge in [0.05, 0.1) is 25.3 Å². The Morgan fingerprint density at radius 3 is 1.48 bits per heavy atom. The van der Waals surface area contributed by atoms with E-state index in [0.717, 1.165) is 63.9 Å². The van der Waals surface area contributed by atoms with E-state index >= 15 is 0 Å². The number of ether oxygens (including phenoxy) is 2. The van der Waals surface area contributed by atoms with Crippen LogP contribution in [0.3, 0.4) is 0 Å². The highest BCUT2D eigenvalue weighted by atomic mass is 16.5. The summed E-state index contributed by atoms with van der Waals surface area (Å²) in [6, 6.07) is 34.2. The number of aromatic nitrogens is 4. The predicted octanol–water partition coefficient (Wildman–Crippen LogP) is 9.45. The molecule has 0 aliphatic heterocycles. The highest BCUT2D eigenvalue weighted by molar-refractivity contribution is 5.87. The summed E-state index contributed by atoms with van der Waals surface area (Å²) < 4.78 is 19.9. The van der Waals surface area contributed by atoms with E-state index in [4.69, 9.17) is 9.47 Å². The summed E-state index contributed by atoms with van der Waals surface area (Å²) in [6.45, 7) is 12.6. The quantitative estimate of drug-likeness (QED) is 0.109. The lowest BCUT2D eigenvalue weighted by atomic mass is 10.2. The first-order valence-corrected chi connectivity index (χ1v) is 21.7. The predicted molar refractivity (Wildman–Crippen MR) is 265 cm³/mol. The second kappa shape index (κ2) is 23.1. The largest absolute Gasteiger partial charge is 0.496 e. The van der Waals surface area contributed by atoms with Gasteiger partial charge in [-0.2, -0.15) is 0 Å². The zero-order chi connectivity index (χ0) is 44.8. The van der Waals surface area contributed by atoms with E-state index in [9.17, 15) is 0 Å². The maximum absolute atomic E-state index is 5.40. The summed E-state index contributed by atoms with van der Waals surface area (Å²) >= 11 is 0. The van der Waals surface area contributed by atoms with Crippen LogP contribution in [0, 0.1) is 13.8 Å². The van der Waals surface area contributed by atoms with Crippen LogP contribution in [0.15, 0.2) is 122 Å². The molecule has 0 aliphatic rings. The lowest BCUT2D eigenvalue weighted by Crippen LogP contribution is -2.18. The average Bonchev–Trinajstić information content (AvgIpc) is 4.06. The minimum Gasteiger partial charge on any atom is -0.496 e. The number of hydrogen-bond acceptors (Lipinski definition) is 6. The van der Waals surface area contributed by atoms with Crippen molar-refractivity contribution in [3.63, 3.8) is 0 Å². The van der Waals surface area contributed by atoms with E-state index in [-0.39, 0.29) is 0 Å². The van der Waals surface area contributed by atoms with Crippen molar-refractivity contribution in [3.8, 4) is 11.5 Å². The van der Waals surface area contributed by atoms with Crippen LogP contribution in [0.5, 0.6) is 11.5 Å². The molecule has 0 bridgehead atoms. The summed E-state index contributed by atoms with van der Waals surface area (Å²) in [5.41, 5.74) is 7.76. The van der Waals surface area contributed by atoms with Crippen molar-refractivity contribution in [1.82, 2.24) is 37.9 Å². The Balaban J connectivity index is 0.000000156. The van der Waals surface area contributed by atoms with Crippen LogP contribution in [0.2, 0.25) is 0 Å². The number of methoxy groups -OCH3 is 2. The maximum atomic E-state index is 5.40. The number of aryl methyl sites for hydroxylation is 2. The van der Waals surface area contributed by atoms with Crippen molar-refractivity contribution in [1.29, 1.82) is 0 Å². The molecule has 0 unspecified atom stereocenters. The van der Waals surface area contributed by atoms with Crippen molar-refractivity contribution in [2.75, 3.05) is 96.8 Å². The Hall–Kier alpha value is -5.52. The lowest BCUT2D eigenvalue weighted by molar-refractivity contribution is 0.383. The first kappa shape index (κ1) is 47.5. The summed E-state index contributed by atoms with van der Waals surface area (Å²) in [6.07, 6.45) is 8.59. The first-order chi connectivity index (χ1) is 29.8. The summed E-state index contributed by atoms with van der Waals surface area (Å²) in [5, 5.41) is 5.09. The fourth-order valence-corrected chi connectivity index (χ4v) is 7.38. The van der Waals surface area contributed by atoms with Gasteiger partial charge in [-0.1, -0.05) is 42.0 Å². The van der Waals surface area contributed by atoms with Gasteiger partial charge >= 0.3 is 0 Å². The lowest BCUT2D eigenvalue weighted by Gasteiger charge is -2.12. The van der Waals surface area contributed by atoms with Crippen molar-refractivity contribution in [2.24, 2.45) is 0 Å². The van der Waals surface area contributed by atoms with E-state index in [1.165, 1.54) is 54.7 Å². The second-order valence-electron chi connectivity index (χ2n) is 17.2. The van der Waals surface area contributed by atoms with Crippen molar-refractivity contribution in [3.05, 3.63) is 133 Å². The molecule has 0 atom stereocenters. The fourth-order valence-electron chi connectivity index (χ4n) is 7.38. The molecule has 0 saturated heterocycles. The van der Waals surface area contributed by atoms with E-state index in [0.29, 0.717) is 0 Å². The summed E-state index contributed by atoms with van der Waals surface area (Å²) in [4.78, 5) is 8.79. The zero-order valence-electron chi connectivity index (χ0n) is 39.6. The molecular weight excluding hydrogens is 769 g/mol. The molecule has 10 nitrogen and oxygen atoms in total. The second-order valence-corrected chi connectivity index (χ2v) is 17.2. The molecular formula is C52H72N8O2. The standard InChI is InChI=1S/2C13H18N2O.2C13H18N2/c1-14(2)9-10-15-8-7-11-12(15)5-4-6-13(11)16-3;1-14(2)9-10-15-8-7-11-5-4-6-12(16-3)13(11)15;1-11-4-5-13-12(10-11)6-7-15(13)9-8-14(2)3;1-11-4-5-12-6-7-15(13(12)10-11)9-8-14(2)3/h2*4-8H,9-10H2,1-3H3;2*4-7,10H,8-9H2,1-3H3. The molecule has 0 spiro atoms. The van der Waals surface area contributed by atoms with Gasteiger partial charge in [0.1, 0.15) is 11.5 Å². The van der Waals surface area contributed by atoms with Gasteiger partial charge in [0.15, 0.2) is 0 Å². The molecule has 8 rings (SSSR count). The molecule has 4 heterocycles. The van der Waals surface area contributed by atoms with Gasteiger partial charge in [0.2, 0.25) is 0 Å². The van der Waals surface area contributed by atoms with Crippen LogP contribution >= 0.6 is 0 Å². The minimum atomic E-state index is 0.945. The van der Waals surface area contributed by atoms with Crippen LogP contribution in [-0.4, -0.2) is 135 Å². The molecule has 8 aromatic rings. The number of likely N-dealkylation sites (N-methyl/N-ethyl adjacent to an activating group) is 4. The van der Waals surface area contributed by atoms with Gasteiger partial charge in [0, 0.05) is 99.0 Å². The number of benzene rings is 4. The number of fused-ring (bicyclic) bond motifs is 4. The molecule has 332 valence electrons. The smallest absolute Gasteiger partial charge is 0.143 e. The normalized spacial score (nSPS) is 11.4. The highest BCUT2D eigenvalue weighted by Gasteiger charge is 2.08. The molecule has 0 N–H and O–H groups in total. The third-order valence-corrected chi connectivity index (χ3v) is 11.0. The molecule has 4 aromatic heterocycles. The Bertz CT molecular complexity index is 2570. The van der Waals surface area contributed by atoms with E-state index in [1.807, 2.05) is 24.3 Å². The molecule has 0 aliphatic carbocycles. The fraction of sp³-hybridized carbons (Fsp3) is 0.385. The van der Waals surface area contributed by atoms with Crippen molar-refractivity contribution >= 4 is 43.6 Å². The van der Waals surface area contributed by atoms with Gasteiger partial charge in [-0.05, 0) is 147 Å². The SMILES string of the molecule is COc1cccc2c1ccn2CCN(C)C.COc1cccc2ccn(CCN(C)C)c12.Cc1ccc2c(ccn2CCN(C)C)c1.Cc1ccc2ccn(CCN(C)C)c2c1. The van der Waals surface area contributed by atoms with Crippen LogP contribution in [0.1, 0.15) is 11.1 Å². The molecule has 10 heteroatoms. The Morgan fingerprint density at radius 2 is 0.871 bits per heavy atom. The van der Waals surface area contributed by atoms with E-state index in [1.54, 1.807) is 14.2 Å². The van der Waals surface area contributed by atoms with Gasteiger partial charge in [-0.15, -0.1) is 0 Å². The number of hydrogen-bond donors (Lipinski definition) is 0. The van der Waals surface area contributed by atoms with Crippen LogP contribution < -0.4 is 9.47 Å². The van der Waals surface area contributed by atoms with Crippen LogP contribution in [0.25, 0.3) is 43.6 Å². The van der Waals surface area contributed by atoms with Crippen LogP contribution in [0.4, 0.5) is 0 Å². The summed E-state index contributed by atoms with van der Waals surface area (Å²) in [5.74, 6) is 1.89. The molecule has 0 radical (unpaired) electrons. The molecule has 0 saturated carbocycles. The van der Waals surface area contributed by atoms with Gasteiger partial charge in [-0.25, -0.2) is 0 Å². The molecule has 62 heavy (non-hydrogen) atoms. The first-order valence-electron chi connectivity index (χ1n) is 21.7. The Morgan fingerprint density at radius 1 is 0.403 bits per heavy atom. The molecule has 4 aromatic carbocycles. The Kier molecular flexibility index (Phi) is 17.7. The molecule has 0 amide bonds. The molecule has 0 fully saturated rings. The summed E-state index contributed by atoms with van der Waals surface area (Å²) in [7, 11) is 20.2. The monoisotopic (exact) mass is 841 g/mol. The average molecular weight is 841 g/mol.